The highest BCUT2D eigenvalue weighted by atomic mass is 16.4. The van der Waals surface area contributed by atoms with E-state index in [4.69, 9.17) is 5.11 Å². The Kier molecular flexibility index (Phi) is 2.28. The van der Waals surface area contributed by atoms with E-state index in [9.17, 15) is 4.79 Å². The van der Waals surface area contributed by atoms with Gasteiger partial charge in [0, 0.05) is 5.69 Å². The van der Waals surface area contributed by atoms with E-state index in [2.05, 4.69) is 20.8 Å². The van der Waals surface area contributed by atoms with Gasteiger partial charge in [-0.3, -0.25) is 0 Å². The molecule has 1 heterocycles. The zero-order valence-corrected chi connectivity index (χ0v) is 7.53. The Bertz CT molecular complexity index is 467. The van der Waals surface area contributed by atoms with Crippen LogP contribution in [-0.4, -0.2) is 31.4 Å². The normalized spacial score (nSPS) is 9.87. The lowest BCUT2D eigenvalue weighted by atomic mass is 10.3. The summed E-state index contributed by atoms with van der Waals surface area (Å²) < 4.78 is 0.660. The fourth-order valence-electron chi connectivity index (χ4n) is 1.04. The number of tetrazole rings is 1. The fraction of sp³-hybridized carbons (Fsp3) is 0. The number of hydrogen-bond acceptors (Lipinski definition) is 5. The summed E-state index contributed by atoms with van der Waals surface area (Å²) in [5, 5.41) is 21.6. The van der Waals surface area contributed by atoms with Gasteiger partial charge >= 0.3 is 6.09 Å². The van der Waals surface area contributed by atoms with Gasteiger partial charge in [0.1, 0.15) is 0 Å². The SMILES string of the molecule is O=C(O)n1nnnc1Nc1ccccc1. The lowest BCUT2D eigenvalue weighted by molar-refractivity contribution is 0.192. The summed E-state index contributed by atoms with van der Waals surface area (Å²) in [5.41, 5.74) is 0.717. The number of hydrogen-bond donors (Lipinski definition) is 2. The molecule has 15 heavy (non-hydrogen) atoms. The molecule has 2 N–H and O–H groups in total. The largest absolute Gasteiger partial charge is 0.463 e. The first kappa shape index (κ1) is 9.13. The van der Waals surface area contributed by atoms with Crippen LogP contribution in [0.2, 0.25) is 0 Å². The highest BCUT2D eigenvalue weighted by Crippen LogP contribution is 2.11. The van der Waals surface area contributed by atoms with Gasteiger partial charge in [-0.15, -0.1) is 4.68 Å². The number of carbonyl (C=O) groups is 1. The lowest BCUT2D eigenvalue weighted by Crippen LogP contribution is -2.13. The monoisotopic (exact) mass is 205 g/mol. The molecule has 0 radical (unpaired) electrons. The molecular formula is C8H7N5O2. The van der Waals surface area contributed by atoms with Crippen LogP contribution in [0, 0.1) is 0 Å². The molecule has 0 bridgehead atoms. The molecule has 0 aliphatic rings. The number of para-hydroxylation sites is 1. The Labute approximate surface area is 84.3 Å². The summed E-state index contributed by atoms with van der Waals surface area (Å²) in [4.78, 5) is 10.7. The van der Waals surface area contributed by atoms with Crippen molar-refractivity contribution in [3.05, 3.63) is 30.3 Å². The van der Waals surface area contributed by atoms with Gasteiger partial charge in [-0.25, -0.2) is 4.79 Å². The molecule has 76 valence electrons. The van der Waals surface area contributed by atoms with E-state index >= 15 is 0 Å². The second kappa shape index (κ2) is 3.74. The maximum absolute atomic E-state index is 10.7. The zero-order valence-electron chi connectivity index (χ0n) is 7.53. The van der Waals surface area contributed by atoms with Crippen molar-refractivity contribution in [3.8, 4) is 0 Å². The third-order valence-electron chi connectivity index (χ3n) is 1.68. The molecule has 7 heteroatoms. The van der Waals surface area contributed by atoms with Crippen molar-refractivity contribution in [1.29, 1.82) is 0 Å². The van der Waals surface area contributed by atoms with Gasteiger partial charge in [0.2, 0.25) is 0 Å². The first-order chi connectivity index (χ1) is 7.27. The van der Waals surface area contributed by atoms with Gasteiger partial charge < -0.3 is 10.4 Å². The van der Waals surface area contributed by atoms with Crippen molar-refractivity contribution in [2.75, 3.05) is 5.32 Å². The number of nitrogens with zero attached hydrogens (tertiary/aromatic N) is 4. The average Bonchev–Trinajstić information content (AvgIpc) is 2.67. The molecule has 7 nitrogen and oxygen atoms in total. The first-order valence-corrected chi connectivity index (χ1v) is 4.11. The van der Waals surface area contributed by atoms with E-state index in [1.807, 2.05) is 18.2 Å². The maximum atomic E-state index is 10.7. The van der Waals surface area contributed by atoms with Gasteiger partial charge in [-0.1, -0.05) is 23.3 Å². The Hall–Kier alpha value is -2.44. The Morgan fingerprint density at radius 2 is 2.07 bits per heavy atom. The lowest BCUT2D eigenvalue weighted by Gasteiger charge is -2.02. The minimum atomic E-state index is -1.24. The minimum Gasteiger partial charge on any atom is -0.463 e. The molecule has 1 aromatic heterocycles. The van der Waals surface area contributed by atoms with E-state index < -0.39 is 6.09 Å². The maximum Gasteiger partial charge on any atom is 0.436 e. The van der Waals surface area contributed by atoms with Crippen LogP contribution in [0.25, 0.3) is 0 Å². The highest BCUT2D eigenvalue weighted by molar-refractivity contribution is 5.71. The Balaban J connectivity index is 2.25. The van der Waals surface area contributed by atoms with E-state index in [1.165, 1.54) is 0 Å². The summed E-state index contributed by atoms with van der Waals surface area (Å²) >= 11 is 0. The molecule has 0 unspecified atom stereocenters. The van der Waals surface area contributed by atoms with E-state index in [0.717, 1.165) is 5.69 Å². The van der Waals surface area contributed by atoms with Crippen molar-refractivity contribution in [3.63, 3.8) is 0 Å². The highest BCUT2D eigenvalue weighted by Gasteiger charge is 2.11. The molecular weight excluding hydrogens is 198 g/mol. The summed E-state index contributed by atoms with van der Waals surface area (Å²) in [6, 6.07) is 9.04. The van der Waals surface area contributed by atoms with Crippen molar-refractivity contribution >= 4 is 17.7 Å². The molecule has 0 aliphatic carbocycles. The molecule has 2 aromatic rings. The van der Waals surface area contributed by atoms with Gasteiger partial charge in [0.25, 0.3) is 5.95 Å². The first-order valence-electron chi connectivity index (χ1n) is 4.11. The van der Waals surface area contributed by atoms with Gasteiger partial charge in [-0.2, -0.15) is 0 Å². The van der Waals surface area contributed by atoms with Crippen LogP contribution in [0.1, 0.15) is 0 Å². The summed E-state index contributed by atoms with van der Waals surface area (Å²) in [6.45, 7) is 0. The Morgan fingerprint density at radius 3 is 2.73 bits per heavy atom. The number of aromatic nitrogens is 4. The average molecular weight is 205 g/mol. The standard InChI is InChI=1S/C8H7N5O2/c14-8(15)13-7(10-11-12-13)9-6-4-2-1-3-5-6/h1-5H,(H,14,15)(H,9,10,12). The number of nitrogens with one attached hydrogen (secondary N) is 1. The second-order valence-electron chi connectivity index (χ2n) is 2.69. The summed E-state index contributed by atoms with van der Waals surface area (Å²) in [6.07, 6.45) is -1.24. The molecule has 0 saturated heterocycles. The molecule has 0 spiro atoms. The van der Waals surface area contributed by atoms with Crippen LogP contribution in [0.4, 0.5) is 16.4 Å². The van der Waals surface area contributed by atoms with E-state index in [-0.39, 0.29) is 5.95 Å². The van der Waals surface area contributed by atoms with Crippen molar-refractivity contribution < 1.29 is 9.90 Å². The minimum absolute atomic E-state index is 0.0636. The van der Waals surface area contributed by atoms with Crippen molar-refractivity contribution in [1.82, 2.24) is 20.2 Å². The van der Waals surface area contributed by atoms with Gasteiger partial charge in [0.05, 0.1) is 0 Å². The topological polar surface area (TPSA) is 92.9 Å². The van der Waals surface area contributed by atoms with Crippen LogP contribution in [0.3, 0.4) is 0 Å². The predicted molar refractivity (Wildman–Crippen MR) is 51.0 cm³/mol. The van der Waals surface area contributed by atoms with Crippen LogP contribution in [0.5, 0.6) is 0 Å². The van der Waals surface area contributed by atoms with E-state index in [0.29, 0.717) is 4.68 Å². The quantitative estimate of drug-likeness (QED) is 0.709. The molecule has 0 aliphatic heterocycles. The third-order valence-corrected chi connectivity index (χ3v) is 1.68. The molecule has 0 fully saturated rings. The van der Waals surface area contributed by atoms with Crippen LogP contribution < -0.4 is 5.32 Å². The fourth-order valence-corrected chi connectivity index (χ4v) is 1.04. The number of anilines is 2. The second-order valence-corrected chi connectivity index (χ2v) is 2.69. The van der Waals surface area contributed by atoms with Crippen LogP contribution >= 0.6 is 0 Å². The zero-order chi connectivity index (χ0) is 10.7. The van der Waals surface area contributed by atoms with Crippen molar-refractivity contribution in [2.45, 2.75) is 0 Å². The Morgan fingerprint density at radius 1 is 1.33 bits per heavy atom. The van der Waals surface area contributed by atoms with Gasteiger partial charge in [-0.05, 0) is 22.6 Å². The molecule has 0 saturated carbocycles. The number of benzene rings is 1. The third kappa shape index (κ3) is 1.90. The van der Waals surface area contributed by atoms with Crippen molar-refractivity contribution in [2.24, 2.45) is 0 Å². The summed E-state index contributed by atoms with van der Waals surface area (Å²) in [7, 11) is 0. The molecule has 0 atom stereocenters. The smallest absolute Gasteiger partial charge is 0.436 e. The number of rotatable bonds is 2. The van der Waals surface area contributed by atoms with Crippen LogP contribution in [0.15, 0.2) is 30.3 Å². The van der Waals surface area contributed by atoms with Crippen LogP contribution in [-0.2, 0) is 0 Å². The molecule has 0 amide bonds. The van der Waals surface area contributed by atoms with Gasteiger partial charge in [0.15, 0.2) is 0 Å². The molecule has 1 aromatic carbocycles. The molecule has 2 rings (SSSR count). The van der Waals surface area contributed by atoms with E-state index in [1.54, 1.807) is 12.1 Å². The summed E-state index contributed by atoms with van der Waals surface area (Å²) in [5.74, 6) is 0.0636. The number of carboxylic acid groups (broad SMARTS) is 1. The predicted octanol–water partition coefficient (Wildman–Crippen LogP) is 0.943.